The van der Waals surface area contributed by atoms with E-state index in [4.69, 9.17) is 9.15 Å². The van der Waals surface area contributed by atoms with Gasteiger partial charge in [-0.1, -0.05) is 24.3 Å². The third-order valence-electron chi connectivity index (χ3n) is 5.76. The zero-order valence-electron chi connectivity index (χ0n) is 17.3. The molecule has 7 heteroatoms. The zero-order valence-corrected chi connectivity index (χ0v) is 17.3. The lowest BCUT2D eigenvalue weighted by molar-refractivity contribution is -0.125. The minimum atomic E-state index is -0.629. The summed E-state index contributed by atoms with van der Waals surface area (Å²) in [5.74, 6) is 0.201. The van der Waals surface area contributed by atoms with Crippen molar-refractivity contribution in [1.29, 1.82) is 0 Å². The van der Waals surface area contributed by atoms with Crippen molar-refractivity contribution in [3.63, 3.8) is 0 Å². The Labute approximate surface area is 175 Å². The molecule has 158 valence electrons. The van der Waals surface area contributed by atoms with Crippen LogP contribution >= 0.6 is 0 Å². The first-order chi connectivity index (χ1) is 14.5. The topological polar surface area (TPSA) is 76.7 Å². The minimum absolute atomic E-state index is 0.107. The van der Waals surface area contributed by atoms with Crippen LogP contribution in [0.1, 0.15) is 31.4 Å². The third-order valence-corrected chi connectivity index (χ3v) is 5.76. The smallest absolute Gasteiger partial charge is 0.420 e. The number of hydrogen-bond acceptors (Lipinski definition) is 5. The maximum atomic E-state index is 12.8. The van der Waals surface area contributed by atoms with Crippen molar-refractivity contribution in [2.75, 3.05) is 20.2 Å². The number of amides is 1. The van der Waals surface area contributed by atoms with Crippen LogP contribution < -0.4 is 15.8 Å². The SMILES string of the molecule is COc1cccc(CN2CCC(NC(=O)C(C)n3c(=O)oc4ccccc43)CC2)c1. The summed E-state index contributed by atoms with van der Waals surface area (Å²) in [5.41, 5.74) is 2.35. The second-order valence-electron chi connectivity index (χ2n) is 7.79. The van der Waals surface area contributed by atoms with Gasteiger partial charge >= 0.3 is 5.76 Å². The summed E-state index contributed by atoms with van der Waals surface area (Å²) in [4.78, 5) is 27.4. The van der Waals surface area contributed by atoms with Gasteiger partial charge < -0.3 is 14.5 Å². The van der Waals surface area contributed by atoms with Crippen molar-refractivity contribution in [1.82, 2.24) is 14.8 Å². The number of carbonyl (C=O) groups is 1. The van der Waals surface area contributed by atoms with Gasteiger partial charge in [-0.3, -0.25) is 14.3 Å². The van der Waals surface area contributed by atoms with E-state index in [9.17, 15) is 9.59 Å². The van der Waals surface area contributed by atoms with Crippen LogP contribution in [0, 0.1) is 0 Å². The molecule has 1 fully saturated rings. The average Bonchev–Trinajstić information content (AvgIpc) is 3.10. The summed E-state index contributed by atoms with van der Waals surface area (Å²) in [5, 5.41) is 3.11. The highest BCUT2D eigenvalue weighted by molar-refractivity contribution is 5.83. The van der Waals surface area contributed by atoms with Gasteiger partial charge in [0.1, 0.15) is 11.8 Å². The lowest BCUT2D eigenvalue weighted by atomic mass is 10.0. The summed E-state index contributed by atoms with van der Waals surface area (Å²) in [6.07, 6.45) is 1.76. The highest BCUT2D eigenvalue weighted by Gasteiger charge is 2.26. The number of oxazole rings is 1. The molecule has 30 heavy (non-hydrogen) atoms. The first kappa shape index (κ1) is 20.2. The predicted octanol–water partition coefficient (Wildman–Crippen LogP) is 2.94. The highest BCUT2D eigenvalue weighted by Crippen LogP contribution is 2.20. The number of ether oxygens (including phenoxy) is 1. The van der Waals surface area contributed by atoms with Crippen molar-refractivity contribution < 1.29 is 13.9 Å². The van der Waals surface area contributed by atoms with E-state index in [-0.39, 0.29) is 11.9 Å². The van der Waals surface area contributed by atoms with Crippen LogP contribution in [0.2, 0.25) is 0 Å². The van der Waals surface area contributed by atoms with Gasteiger partial charge in [0.15, 0.2) is 5.58 Å². The van der Waals surface area contributed by atoms with E-state index in [0.29, 0.717) is 11.1 Å². The molecular formula is C23H27N3O4. The number of nitrogens with one attached hydrogen (secondary N) is 1. The summed E-state index contributed by atoms with van der Waals surface area (Å²) in [6.45, 7) is 4.41. The molecule has 0 saturated carbocycles. The Morgan fingerprint density at radius 3 is 2.73 bits per heavy atom. The molecule has 1 N–H and O–H groups in total. The van der Waals surface area contributed by atoms with Crippen molar-refractivity contribution >= 4 is 17.0 Å². The Balaban J connectivity index is 1.34. The molecule has 3 aromatic rings. The van der Waals surface area contributed by atoms with Crippen molar-refractivity contribution in [2.45, 2.75) is 38.4 Å². The highest BCUT2D eigenvalue weighted by atomic mass is 16.5. The van der Waals surface area contributed by atoms with Gasteiger partial charge in [-0.25, -0.2) is 4.79 Å². The maximum absolute atomic E-state index is 12.8. The van der Waals surface area contributed by atoms with Crippen LogP contribution in [-0.4, -0.2) is 41.6 Å². The van der Waals surface area contributed by atoms with E-state index in [2.05, 4.69) is 22.3 Å². The molecule has 2 heterocycles. The predicted molar refractivity (Wildman–Crippen MR) is 115 cm³/mol. The number of methoxy groups -OCH3 is 1. The molecule has 2 aromatic carbocycles. The molecule has 4 rings (SSSR count). The minimum Gasteiger partial charge on any atom is -0.497 e. The number of para-hydroxylation sites is 2. The molecule has 1 unspecified atom stereocenters. The number of rotatable bonds is 6. The zero-order chi connectivity index (χ0) is 21.1. The molecule has 1 atom stereocenters. The van der Waals surface area contributed by atoms with Gasteiger partial charge in [-0.2, -0.15) is 0 Å². The second kappa shape index (κ2) is 8.75. The molecular weight excluding hydrogens is 382 g/mol. The molecule has 0 spiro atoms. The maximum Gasteiger partial charge on any atom is 0.420 e. The number of benzene rings is 2. The normalized spacial score (nSPS) is 16.5. The molecule has 1 aliphatic heterocycles. The van der Waals surface area contributed by atoms with Gasteiger partial charge in [0.25, 0.3) is 0 Å². The number of hydrogen-bond donors (Lipinski definition) is 1. The molecule has 1 aromatic heterocycles. The Bertz CT molecular complexity index is 1080. The van der Waals surface area contributed by atoms with Crippen LogP contribution in [0.3, 0.4) is 0 Å². The van der Waals surface area contributed by atoms with Crippen molar-refractivity contribution in [2.24, 2.45) is 0 Å². The molecule has 7 nitrogen and oxygen atoms in total. The number of likely N-dealkylation sites (tertiary alicyclic amines) is 1. The van der Waals surface area contributed by atoms with Crippen LogP contribution in [0.4, 0.5) is 0 Å². The monoisotopic (exact) mass is 409 g/mol. The lowest BCUT2D eigenvalue weighted by Gasteiger charge is -2.33. The van der Waals surface area contributed by atoms with E-state index in [1.165, 1.54) is 10.1 Å². The van der Waals surface area contributed by atoms with Crippen LogP contribution in [0.15, 0.2) is 57.7 Å². The fourth-order valence-corrected chi connectivity index (χ4v) is 4.05. The summed E-state index contributed by atoms with van der Waals surface area (Å²) < 4.78 is 12.0. The van der Waals surface area contributed by atoms with Gasteiger partial charge in [-0.05, 0) is 49.6 Å². The van der Waals surface area contributed by atoms with E-state index in [1.807, 2.05) is 18.2 Å². The van der Waals surface area contributed by atoms with Crippen LogP contribution in [0.25, 0.3) is 11.1 Å². The second-order valence-corrected chi connectivity index (χ2v) is 7.79. The Morgan fingerprint density at radius 1 is 1.20 bits per heavy atom. The standard InChI is InChI=1S/C23H27N3O4/c1-16(26-20-8-3-4-9-21(20)30-23(26)28)22(27)24-18-10-12-25(13-11-18)15-17-6-5-7-19(14-17)29-2/h3-9,14,16,18H,10-13,15H2,1-2H3,(H,24,27). The largest absolute Gasteiger partial charge is 0.497 e. The number of nitrogens with zero attached hydrogens (tertiary/aromatic N) is 2. The molecule has 0 bridgehead atoms. The summed E-state index contributed by atoms with van der Waals surface area (Å²) in [6, 6.07) is 14.7. The first-order valence-electron chi connectivity index (χ1n) is 10.3. The number of fused-ring (bicyclic) bond motifs is 1. The molecule has 1 amide bonds. The molecule has 1 saturated heterocycles. The van der Waals surface area contributed by atoms with Crippen molar-refractivity contribution in [3.05, 3.63) is 64.6 Å². The first-order valence-corrected chi connectivity index (χ1v) is 10.3. The van der Waals surface area contributed by atoms with Gasteiger partial charge in [-0.15, -0.1) is 0 Å². The van der Waals surface area contributed by atoms with Gasteiger partial charge in [0.2, 0.25) is 5.91 Å². The fraction of sp³-hybridized carbons (Fsp3) is 0.391. The summed E-state index contributed by atoms with van der Waals surface area (Å²) >= 11 is 0. The van der Waals surface area contributed by atoms with Crippen LogP contribution in [-0.2, 0) is 11.3 Å². The van der Waals surface area contributed by atoms with Gasteiger partial charge in [0, 0.05) is 25.7 Å². The third kappa shape index (κ3) is 4.26. The van der Waals surface area contributed by atoms with E-state index in [1.54, 1.807) is 32.2 Å². The average molecular weight is 409 g/mol. The molecule has 0 radical (unpaired) electrons. The Kier molecular flexibility index (Phi) is 5.90. The Hall–Kier alpha value is -3.06. The van der Waals surface area contributed by atoms with E-state index in [0.717, 1.165) is 38.2 Å². The number of piperidine rings is 1. The van der Waals surface area contributed by atoms with Gasteiger partial charge in [0.05, 0.1) is 12.6 Å². The summed E-state index contributed by atoms with van der Waals surface area (Å²) in [7, 11) is 1.68. The lowest BCUT2D eigenvalue weighted by Crippen LogP contribution is -2.46. The Morgan fingerprint density at radius 2 is 1.97 bits per heavy atom. The van der Waals surface area contributed by atoms with Crippen molar-refractivity contribution in [3.8, 4) is 5.75 Å². The number of aromatic nitrogens is 1. The molecule has 0 aliphatic carbocycles. The fourth-order valence-electron chi connectivity index (χ4n) is 4.05. The van der Waals surface area contributed by atoms with E-state index >= 15 is 0 Å². The molecule has 1 aliphatic rings. The number of carbonyl (C=O) groups excluding carboxylic acids is 1. The van der Waals surface area contributed by atoms with E-state index < -0.39 is 11.8 Å². The quantitative estimate of drug-likeness (QED) is 0.677. The van der Waals surface area contributed by atoms with Crippen LogP contribution in [0.5, 0.6) is 5.75 Å².